The van der Waals surface area contributed by atoms with Crippen molar-refractivity contribution in [1.29, 1.82) is 0 Å². The van der Waals surface area contributed by atoms with Crippen LogP contribution in [-0.2, 0) is 10.0 Å². The molecule has 2 aromatic rings. The minimum atomic E-state index is -4.17. The van der Waals surface area contributed by atoms with Gasteiger partial charge in [-0.05, 0) is 18.6 Å². The summed E-state index contributed by atoms with van der Waals surface area (Å²) in [6.45, 7) is 3.67. The number of rotatable bonds is 6. The van der Waals surface area contributed by atoms with E-state index in [4.69, 9.17) is 0 Å². The van der Waals surface area contributed by atoms with Gasteiger partial charge in [-0.25, -0.2) is 27.5 Å². The largest absolute Gasteiger partial charge is 0.338 e. The summed E-state index contributed by atoms with van der Waals surface area (Å²) in [5, 5.41) is 11.1. The molecule has 1 fully saturated rings. The lowest BCUT2D eigenvalue weighted by Crippen LogP contribution is -2.50. The third kappa shape index (κ3) is 4.08. The molecule has 0 atom stereocenters. The molecule has 0 aliphatic carbocycles. The molecule has 2 aliphatic rings. The first-order valence-corrected chi connectivity index (χ1v) is 11.6. The van der Waals surface area contributed by atoms with Crippen LogP contribution >= 0.6 is 0 Å². The number of anilines is 2. The minimum Gasteiger partial charge on any atom is -0.338 e. The molecule has 0 unspecified atom stereocenters. The van der Waals surface area contributed by atoms with Crippen LogP contribution in [0.15, 0.2) is 41.6 Å². The van der Waals surface area contributed by atoms with E-state index < -0.39 is 21.0 Å². The molecule has 1 saturated heterocycles. The average molecular weight is 462 g/mol. The molecule has 13 heteroatoms. The van der Waals surface area contributed by atoms with E-state index in [9.17, 15) is 23.3 Å². The van der Waals surface area contributed by atoms with E-state index in [0.717, 1.165) is 36.6 Å². The fourth-order valence-electron chi connectivity index (χ4n) is 3.87. The number of nitrogens with zero attached hydrogens (tertiary/aromatic N) is 7. The van der Waals surface area contributed by atoms with E-state index in [1.165, 1.54) is 24.1 Å². The molecule has 2 aliphatic heterocycles. The summed E-state index contributed by atoms with van der Waals surface area (Å²) < 4.78 is 26.9. The van der Waals surface area contributed by atoms with Crippen LogP contribution in [0.3, 0.4) is 0 Å². The van der Waals surface area contributed by atoms with Crippen LogP contribution in [0.4, 0.5) is 22.1 Å². The number of carbonyl (C=O) groups excluding carboxylic acids is 1. The van der Waals surface area contributed by atoms with Crippen molar-refractivity contribution >= 4 is 33.4 Å². The van der Waals surface area contributed by atoms with Crippen molar-refractivity contribution in [3.8, 4) is 0 Å². The molecule has 0 N–H and O–H groups in total. The highest BCUT2D eigenvalue weighted by atomic mass is 32.2. The maximum Gasteiger partial charge on any atom is 0.338 e. The first kappa shape index (κ1) is 21.9. The molecule has 2 amide bonds. The molecule has 12 nitrogen and oxygen atoms in total. The number of fused-ring (bicyclic) bond motifs is 1. The Hall–Kier alpha value is -3.32. The maximum atomic E-state index is 13.0. The van der Waals surface area contributed by atoms with Crippen molar-refractivity contribution in [1.82, 2.24) is 19.2 Å². The number of piperazine rings is 1. The standard InChI is InChI=1S/C19H23N7O5S/c1-22-16-5-4-15(26(28)29)14-17(16)32(30,31)25(19(22)27)9-3-8-23-10-12-24(13-11-23)18-20-6-2-7-21-18/h2,4-7,14H,3,8-13H2,1H3. The molecule has 0 bridgehead atoms. The normalized spacial score (nSPS) is 18.5. The van der Waals surface area contributed by atoms with Gasteiger partial charge in [-0.1, -0.05) is 0 Å². The number of aromatic nitrogens is 2. The lowest BCUT2D eigenvalue weighted by molar-refractivity contribution is -0.385. The van der Waals surface area contributed by atoms with Gasteiger partial charge in [-0.2, -0.15) is 0 Å². The van der Waals surface area contributed by atoms with E-state index in [2.05, 4.69) is 19.8 Å². The summed E-state index contributed by atoms with van der Waals surface area (Å²) >= 11 is 0. The highest BCUT2D eigenvalue weighted by Gasteiger charge is 2.40. The Balaban J connectivity index is 1.39. The van der Waals surface area contributed by atoms with Crippen molar-refractivity contribution in [2.24, 2.45) is 0 Å². The SMILES string of the molecule is CN1C(=O)N(CCCN2CCN(c3ncccn3)CC2)S(=O)(=O)c2cc([N+](=O)[O-])ccc21. The number of hydrogen-bond donors (Lipinski definition) is 0. The Bertz CT molecular complexity index is 1120. The smallest absolute Gasteiger partial charge is 0.338 e. The third-order valence-corrected chi connectivity index (χ3v) is 7.43. The van der Waals surface area contributed by atoms with Gasteiger partial charge in [0.2, 0.25) is 5.95 Å². The average Bonchev–Trinajstić information content (AvgIpc) is 2.80. The zero-order valence-electron chi connectivity index (χ0n) is 17.5. The van der Waals surface area contributed by atoms with Gasteiger partial charge in [0.05, 0.1) is 10.6 Å². The Kier molecular flexibility index (Phi) is 5.93. The summed E-state index contributed by atoms with van der Waals surface area (Å²) in [5.41, 5.74) is -0.202. The number of non-ortho nitro benzene ring substituents is 1. The Labute approximate surface area is 185 Å². The number of carbonyl (C=O) groups is 1. The number of amides is 2. The Morgan fingerprint density at radius 3 is 2.44 bits per heavy atom. The summed E-state index contributed by atoms with van der Waals surface area (Å²) in [6.07, 6.45) is 3.86. The quantitative estimate of drug-likeness (QED) is 0.459. The molecule has 0 radical (unpaired) electrons. The Morgan fingerprint density at radius 1 is 1.09 bits per heavy atom. The first-order chi connectivity index (χ1) is 15.3. The predicted octanol–water partition coefficient (Wildman–Crippen LogP) is 1.16. The van der Waals surface area contributed by atoms with Gasteiger partial charge in [0.25, 0.3) is 15.7 Å². The fourth-order valence-corrected chi connectivity index (χ4v) is 5.55. The number of nitro benzene ring substituents is 1. The topological polar surface area (TPSA) is 133 Å². The molecular formula is C19H23N7O5S. The highest BCUT2D eigenvalue weighted by molar-refractivity contribution is 7.90. The fraction of sp³-hybridized carbons (Fsp3) is 0.421. The summed E-state index contributed by atoms with van der Waals surface area (Å²) in [5.74, 6) is 0.688. The van der Waals surface area contributed by atoms with Crippen LogP contribution in [0.1, 0.15) is 6.42 Å². The summed E-state index contributed by atoms with van der Waals surface area (Å²) in [4.78, 5) is 36.9. The molecule has 0 saturated carbocycles. The van der Waals surface area contributed by atoms with Crippen molar-refractivity contribution < 1.29 is 18.1 Å². The lowest BCUT2D eigenvalue weighted by atomic mass is 10.2. The van der Waals surface area contributed by atoms with Crippen LogP contribution in [0.5, 0.6) is 0 Å². The molecule has 1 aromatic carbocycles. The van der Waals surface area contributed by atoms with Gasteiger partial charge in [-0.15, -0.1) is 0 Å². The lowest BCUT2D eigenvalue weighted by Gasteiger charge is -2.36. The second-order valence-electron chi connectivity index (χ2n) is 7.56. The van der Waals surface area contributed by atoms with Gasteiger partial charge >= 0.3 is 6.03 Å². The second-order valence-corrected chi connectivity index (χ2v) is 9.39. The number of benzene rings is 1. The van der Waals surface area contributed by atoms with Gasteiger partial charge in [0, 0.05) is 70.8 Å². The van der Waals surface area contributed by atoms with Gasteiger partial charge in [0.1, 0.15) is 4.90 Å². The van der Waals surface area contributed by atoms with Crippen molar-refractivity contribution in [3.63, 3.8) is 0 Å². The van der Waals surface area contributed by atoms with E-state index in [0.29, 0.717) is 18.9 Å². The van der Waals surface area contributed by atoms with E-state index >= 15 is 0 Å². The van der Waals surface area contributed by atoms with Crippen LogP contribution in [0.25, 0.3) is 0 Å². The van der Waals surface area contributed by atoms with Gasteiger partial charge < -0.3 is 4.90 Å². The molecule has 3 heterocycles. The molecular weight excluding hydrogens is 438 g/mol. The third-order valence-electron chi connectivity index (χ3n) is 5.63. The van der Waals surface area contributed by atoms with Crippen LogP contribution in [0, 0.1) is 10.1 Å². The van der Waals surface area contributed by atoms with Crippen molar-refractivity contribution in [2.75, 3.05) is 56.1 Å². The van der Waals surface area contributed by atoms with Crippen LogP contribution < -0.4 is 9.80 Å². The van der Waals surface area contributed by atoms with E-state index in [-0.39, 0.29) is 22.8 Å². The zero-order valence-corrected chi connectivity index (χ0v) is 18.3. The predicted molar refractivity (Wildman–Crippen MR) is 116 cm³/mol. The highest BCUT2D eigenvalue weighted by Crippen LogP contribution is 2.36. The Morgan fingerprint density at radius 2 is 1.78 bits per heavy atom. The molecule has 0 spiro atoms. The second kappa shape index (κ2) is 8.67. The van der Waals surface area contributed by atoms with E-state index in [1.54, 1.807) is 18.5 Å². The summed E-state index contributed by atoms with van der Waals surface area (Å²) in [7, 11) is -2.72. The summed E-state index contributed by atoms with van der Waals surface area (Å²) in [6, 6.07) is 4.58. The zero-order chi connectivity index (χ0) is 22.9. The van der Waals surface area contributed by atoms with Crippen molar-refractivity contribution in [3.05, 3.63) is 46.8 Å². The number of nitro groups is 1. The number of hydrogen-bond acceptors (Lipinski definition) is 9. The number of sulfonamides is 1. The maximum absolute atomic E-state index is 13.0. The van der Waals surface area contributed by atoms with Crippen molar-refractivity contribution in [2.45, 2.75) is 11.3 Å². The monoisotopic (exact) mass is 461 g/mol. The first-order valence-electron chi connectivity index (χ1n) is 10.1. The molecule has 32 heavy (non-hydrogen) atoms. The molecule has 4 rings (SSSR count). The molecule has 170 valence electrons. The van der Waals surface area contributed by atoms with Gasteiger partial charge in [-0.3, -0.25) is 19.9 Å². The van der Waals surface area contributed by atoms with Crippen LogP contribution in [0.2, 0.25) is 0 Å². The van der Waals surface area contributed by atoms with Crippen LogP contribution in [-0.4, -0.2) is 84.9 Å². The molecule has 1 aromatic heterocycles. The van der Waals surface area contributed by atoms with Gasteiger partial charge in [0.15, 0.2) is 0 Å². The van der Waals surface area contributed by atoms with E-state index in [1.807, 2.05) is 0 Å². The number of urea groups is 1. The minimum absolute atomic E-state index is 0.00432.